The van der Waals surface area contributed by atoms with Crippen molar-refractivity contribution in [2.24, 2.45) is 0 Å². The van der Waals surface area contributed by atoms with E-state index in [4.69, 9.17) is 32.7 Å². The number of nitrogens with one attached hydrogen (secondary N) is 1. The average Bonchev–Trinajstić information content (AvgIpc) is 2.79. The fourth-order valence-corrected chi connectivity index (χ4v) is 4.58. The molecule has 6 nitrogen and oxygen atoms in total. The molecule has 0 radical (unpaired) electrons. The Hall–Kier alpha value is -1.38. The summed E-state index contributed by atoms with van der Waals surface area (Å²) >= 11 is 12.1. The second-order valence-corrected chi connectivity index (χ2v) is 8.86. The number of rotatable bonds is 9. The molecule has 1 aliphatic heterocycles. The molecule has 1 aliphatic rings. The Kier molecular flexibility index (Phi) is 11.6. The van der Waals surface area contributed by atoms with E-state index in [1.54, 1.807) is 19.3 Å². The maximum Gasteiger partial charge on any atom is 1.00 e. The van der Waals surface area contributed by atoms with Gasteiger partial charge >= 0.3 is 35.5 Å². The molecular formula is C25H28Cl2NNaO5. The molecule has 9 heteroatoms. The fraction of sp³-hybridized carbons (Fsp3) is 0.360. The van der Waals surface area contributed by atoms with E-state index >= 15 is 0 Å². The first-order valence-corrected chi connectivity index (χ1v) is 11.4. The van der Waals surface area contributed by atoms with Crippen molar-refractivity contribution in [3.05, 3.63) is 75.3 Å². The maximum atomic E-state index is 12.5. The Labute approximate surface area is 233 Å². The van der Waals surface area contributed by atoms with Crippen LogP contribution in [0.1, 0.15) is 42.2 Å². The molecule has 1 unspecified atom stereocenters. The number of amides is 1. The van der Waals surface area contributed by atoms with Gasteiger partial charge in [0.2, 0.25) is 0 Å². The minimum Gasteiger partial charge on any atom is -1.00 e. The summed E-state index contributed by atoms with van der Waals surface area (Å²) in [7, 11) is 1.71. The van der Waals surface area contributed by atoms with Gasteiger partial charge in [-0.3, -0.25) is 4.79 Å². The van der Waals surface area contributed by atoms with Crippen molar-refractivity contribution in [2.45, 2.75) is 30.7 Å². The quantitative estimate of drug-likeness (QED) is 0.499. The number of ether oxygens (including phenoxy) is 2. The van der Waals surface area contributed by atoms with Crippen LogP contribution in [-0.4, -0.2) is 50.0 Å². The Morgan fingerprint density at radius 1 is 1.18 bits per heavy atom. The van der Waals surface area contributed by atoms with E-state index in [1.165, 1.54) is 17.7 Å². The first kappa shape index (κ1) is 28.9. The smallest absolute Gasteiger partial charge is 1.00 e. The van der Waals surface area contributed by atoms with Gasteiger partial charge in [0.05, 0.1) is 22.2 Å². The number of methoxy groups -OCH3 is 1. The number of carbonyl (C=O) groups is 2. The van der Waals surface area contributed by atoms with Gasteiger partial charge in [-0.05, 0) is 42.5 Å². The SMILES string of the molecule is COCC1(c2ccc(/C=C/CC(NC(=O)c3c(Cl)cccc3Cl)C(=O)O)cc2)CCOCC1.[H-].[Na+]. The largest absolute Gasteiger partial charge is 1.00 e. The summed E-state index contributed by atoms with van der Waals surface area (Å²) < 4.78 is 11.0. The molecule has 1 saturated heterocycles. The topological polar surface area (TPSA) is 84.9 Å². The number of halogens is 2. The minimum atomic E-state index is -1.15. The third-order valence-corrected chi connectivity index (χ3v) is 6.50. The van der Waals surface area contributed by atoms with E-state index in [-0.39, 0.29) is 58.4 Å². The van der Waals surface area contributed by atoms with E-state index in [0.29, 0.717) is 19.8 Å². The Bertz CT molecular complexity index is 988. The van der Waals surface area contributed by atoms with E-state index in [0.717, 1.165) is 18.4 Å². The second kappa shape index (κ2) is 13.6. The van der Waals surface area contributed by atoms with E-state index < -0.39 is 17.9 Å². The molecule has 1 amide bonds. The number of aliphatic carboxylic acids is 1. The zero-order chi connectivity index (χ0) is 23.8. The van der Waals surface area contributed by atoms with Gasteiger partial charge in [0.15, 0.2) is 0 Å². The zero-order valence-corrected chi connectivity index (χ0v) is 22.9. The molecule has 0 saturated carbocycles. The van der Waals surface area contributed by atoms with E-state index in [2.05, 4.69) is 17.4 Å². The van der Waals surface area contributed by atoms with Gasteiger partial charge in [-0.1, -0.05) is 65.7 Å². The van der Waals surface area contributed by atoms with Crippen molar-refractivity contribution >= 4 is 41.2 Å². The fourth-order valence-electron chi connectivity index (χ4n) is 4.01. The zero-order valence-electron chi connectivity index (χ0n) is 20.4. The summed E-state index contributed by atoms with van der Waals surface area (Å²) in [5.74, 6) is -1.77. The monoisotopic (exact) mass is 515 g/mol. The predicted molar refractivity (Wildman–Crippen MR) is 130 cm³/mol. The van der Waals surface area contributed by atoms with Gasteiger partial charge in [0.1, 0.15) is 6.04 Å². The van der Waals surface area contributed by atoms with Gasteiger partial charge in [-0.25, -0.2) is 4.79 Å². The molecule has 1 heterocycles. The van der Waals surface area contributed by atoms with Crippen LogP contribution in [0.5, 0.6) is 0 Å². The molecule has 1 fully saturated rings. The van der Waals surface area contributed by atoms with Crippen molar-refractivity contribution in [3.63, 3.8) is 0 Å². The molecule has 2 aromatic carbocycles. The molecular weight excluding hydrogens is 488 g/mol. The summed E-state index contributed by atoms with van der Waals surface area (Å²) in [5, 5.41) is 12.3. The molecule has 0 aromatic heterocycles. The number of hydrogen-bond donors (Lipinski definition) is 2. The van der Waals surface area contributed by atoms with Crippen LogP contribution in [0.15, 0.2) is 48.5 Å². The summed E-state index contributed by atoms with van der Waals surface area (Å²) in [5.41, 5.74) is 2.15. The molecule has 2 N–H and O–H groups in total. The Morgan fingerprint density at radius 3 is 2.35 bits per heavy atom. The van der Waals surface area contributed by atoms with Crippen molar-refractivity contribution < 1.29 is 55.2 Å². The number of benzene rings is 2. The Morgan fingerprint density at radius 2 is 1.79 bits per heavy atom. The van der Waals surface area contributed by atoms with Crippen molar-refractivity contribution in [1.29, 1.82) is 0 Å². The summed E-state index contributed by atoms with van der Waals surface area (Å²) in [4.78, 5) is 24.2. The summed E-state index contributed by atoms with van der Waals surface area (Å²) in [6, 6.07) is 11.7. The van der Waals surface area contributed by atoms with Crippen LogP contribution >= 0.6 is 23.2 Å². The minimum absolute atomic E-state index is 0. The van der Waals surface area contributed by atoms with Crippen molar-refractivity contribution in [1.82, 2.24) is 5.32 Å². The van der Waals surface area contributed by atoms with Gasteiger partial charge < -0.3 is 21.3 Å². The predicted octanol–water partition coefficient (Wildman–Crippen LogP) is 2.09. The van der Waals surface area contributed by atoms with Gasteiger partial charge in [0, 0.05) is 25.7 Å². The van der Waals surface area contributed by atoms with Gasteiger partial charge in [-0.2, -0.15) is 0 Å². The average molecular weight is 516 g/mol. The van der Waals surface area contributed by atoms with Gasteiger partial charge in [0.25, 0.3) is 5.91 Å². The third-order valence-electron chi connectivity index (χ3n) is 5.87. The molecule has 0 spiro atoms. The van der Waals surface area contributed by atoms with Crippen LogP contribution in [0.2, 0.25) is 10.0 Å². The first-order valence-electron chi connectivity index (χ1n) is 10.7. The summed E-state index contributed by atoms with van der Waals surface area (Å²) in [6.45, 7) is 2.07. The standard InChI is InChI=1S/C25H27Cl2NO5.Na.H/c1-32-16-25(12-14-33-15-13-25)18-10-8-17(9-11-18)4-2-7-21(24(30)31)28-23(29)22-19(26)5-3-6-20(22)27;;/h2-6,8-11,21H,7,12-16H2,1H3,(H,28,29)(H,30,31);;/q;+1;-1/b4-2+;;. The number of carbonyl (C=O) groups excluding carboxylic acids is 1. The van der Waals surface area contributed by atoms with E-state index in [1.807, 2.05) is 18.2 Å². The third kappa shape index (κ3) is 7.31. The van der Waals surface area contributed by atoms with Crippen LogP contribution in [0.25, 0.3) is 6.08 Å². The molecule has 2 aromatic rings. The van der Waals surface area contributed by atoms with Crippen LogP contribution in [0.3, 0.4) is 0 Å². The first-order chi connectivity index (χ1) is 15.9. The van der Waals surface area contributed by atoms with Gasteiger partial charge in [-0.15, -0.1) is 0 Å². The van der Waals surface area contributed by atoms with E-state index in [9.17, 15) is 14.7 Å². The van der Waals surface area contributed by atoms with Crippen LogP contribution in [-0.2, 0) is 19.7 Å². The summed E-state index contributed by atoms with van der Waals surface area (Å²) in [6.07, 6.45) is 5.48. The van der Waals surface area contributed by atoms with Crippen LogP contribution < -0.4 is 34.9 Å². The normalized spacial score (nSPS) is 16.0. The number of hydrogen-bond acceptors (Lipinski definition) is 4. The molecule has 0 bridgehead atoms. The van der Waals surface area contributed by atoms with Crippen LogP contribution in [0.4, 0.5) is 0 Å². The second-order valence-electron chi connectivity index (χ2n) is 8.05. The molecule has 178 valence electrons. The number of carboxylic acid groups (broad SMARTS) is 1. The Balaban J connectivity index is 0.00000306. The molecule has 3 rings (SSSR count). The molecule has 1 atom stereocenters. The molecule has 0 aliphatic carbocycles. The van der Waals surface area contributed by atoms with Crippen molar-refractivity contribution in [2.75, 3.05) is 26.9 Å². The molecule has 34 heavy (non-hydrogen) atoms. The van der Waals surface area contributed by atoms with Crippen LogP contribution in [0, 0.1) is 0 Å². The number of carboxylic acids is 1. The maximum absolute atomic E-state index is 12.5. The van der Waals surface area contributed by atoms with Crippen molar-refractivity contribution in [3.8, 4) is 0 Å².